The van der Waals surface area contributed by atoms with Crippen LogP contribution in [0.3, 0.4) is 0 Å². The normalized spacial score (nSPS) is 17.3. The van der Waals surface area contributed by atoms with E-state index in [0.29, 0.717) is 28.9 Å². The van der Waals surface area contributed by atoms with Crippen molar-refractivity contribution in [2.75, 3.05) is 6.61 Å². The number of nitrogens with one attached hydrogen (secondary N) is 1. The quantitative estimate of drug-likeness (QED) is 0.600. The van der Waals surface area contributed by atoms with Gasteiger partial charge in [0, 0.05) is 16.7 Å². The van der Waals surface area contributed by atoms with Crippen molar-refractivity contribution in [3.63, 3.8) is 0 Å². The molecule has 0 unspecified atom stereocenters. The Labute approximate surface area is 171 Å². The summed E-state index contributed by atoms with van der Waals surface area (Å²) in [6, 6.07) is 10.4. The number of ether oxygens (including phenoxy) is 1. The van der Waals surface area contributed by atoms with E-state index in [1.54, 1.807) is 54.4 Å². The number of thioether (sulfide) groups is 1. The number of carbonyl (C=O) groups excluding carboxylic acids is 2. The van der Waals surface area contributed by atoms with E-state index in [1.807, 2.05) is 6.92 Å². The fourth-order valence-corrected chi connectivity index (χ4v) is 3.73. The smallest absolute Gasteiger partial charge is 0.338 e. The number of carbonyl (C=O) groups is 2. The number of allylic oxidation sites excluding steroid dienone is 1. The molecule has 0 bridgehead atoms. The molecular formula is C21H17N3O4S. The third kappa shape index (κ3) is 3.66. The highest BCUT2D eigenvalue weighted by Crippen LogP contribution is 2.33. The lowest BCUT2D eigenvalue weighted by Crippen LogP contribution is -2.35. The fraction of sp³-hybridized carbons (Fsp3) is 0.143. The second-order valence-corrected chi connectivity index (χ2v) is 7.53. The highest BCUT2D eigenvalue weighted by atomic mass is 32.2. The molecule has 0 spiro atoms. The molecule has 0 aliphatic carbocycles. The van der Waals surface area contributed by atoms with Gasteiger partial charge in [0.2, 0.25) is 0 Å². The number of nitrogens with zero attached hydrogens (tertiary/aromatic N) is 2. The van der Waals surface area contributed by atoms with E-state index in [0.717, 1.165) is 10.5 Å². The molecule has 8 heteroatoms. The van der Waals surface area contributed by atoms with Crippen molar-refractivity contribution in [2.24, 2.45) is 4.99 Å². The van der Waals surface area contributed by atoms with Crippen molar-refractivity contribution in [2.45, 2.75) is 13.8 Å². The summed E-state index contributed by atoms with van der Waals surface area (Å²) in [7, 11) is 0. The fourth-order valence-electron chi connectivity index (χ4n) is 2.91. The predicted octanol–water partition coefficient (Wildman–Crippen LogP) is 4.29. The van der Waals surface area contributed by atoms with Gasteiger partial charge in [-0.1, -0.05) is 23.9 Å². The summed E-state index contributed by atoms with van der Waals surface area (Å²) in [5, 5.41) is 8.82. The van der Waals surface area contributed by atoms with Crippen molar-refractivity contribution in [3.05, 3.63) is 64.4 Å². The van der Waals surface area contributed by atoms with E-state index in [2.05, 4.69) is 4.99 Å². The van der Waals surface area contributed by atoms with Crippen LogP contribution >= 0.6 is 11.8 Å². The molecule has 146 valence electrons. The van der Waals surface area contributed by atoms with E-state index >= 15 is 0 Å². The number of fused-ring (bicyclic) bond motifs is 1. The summed E-state index contributed by atoms with van der Waals surface area (Å²) < 4.78 is 10.8. The van der Waals surface area contributed by atoms with Gasteiger partial charge < -0.3 is 9.15 Å². The Morgan fingerprint density at radius 1 is 1.28 bits per heavy atom. The molecular weight excluding hydrogens is 390 g/mol. The SMILES string of the molecule is CCOC(=O)c1ccc(-c2ccc(/C=C3\C(=N)N4C=C(C)SC4=NC3=O)o2)cc1. The number of esters is 1. The van der Waals surface area contributed by atoms with Crippen LogP contribution in [0, 0.1) is 5.41 Å². The van der Waals surface area contributed by atoms with E-state index < -0.39 is 5.91 Å². The molecule has 0 radical (unpaired) electrons. The van der Waals surface area contributed by atoms with E-state index in [4.69, 9.17) is 14.6 Å². The van der Waals surface area contributed by atoms with Crippen LogP contribution < -0.4 is 0 Å². The molecule has 1 aromatic heterocycles. The number of furan rings is 1. The first-order valence-corrected chi connectivity index (χ1v) is 9.74. The maximum Gasteiger partial charge on any atom is 0.338 e. The van der Waals surface area contributed by atoms with Crippen LogP contribution in [0.15, 0.2) is 62.5 Å². The minimum Gasteiger partial charge on any atom is -0.462 e. The molecule has 0 atom stereocenters. The molecule has 4 rings (SSSR count). The van der Waals surface area contributed by atoms with Gasteiger partial charge in [0.15, 0.2) is 5.17 Å². The lowest BCUT2D eigenvalue weighted by atomic mass is 10.1. The summed E-state index contributed by atoms with van der Waals surface area (Å²) in [6.07, 6.45) is 3.30. The van der Waals surface area contributed by atoms with E-state index in [-0.39, 0.29) is 17.4 Å². The van der Waals surface area contributed by atoms with Gasteiger partial charge in [-0.05, 0) is 44.2 Å². The van der Waals surface area contributed by atoms with Crippen LogP contribution in [0.1, 0.15) is 30.0 Å². The Hall–Kier alpha value is -3.39. The van der Waals surface area contributed by atoms with Crippen LogP contribution in [-0.2, 0) is 9.53 Å². The van der Waals surface area contributed by atoms with Crippen molar-refractivity contribution in [1.82, 2.24) is 4.90 Å². The lowest BCUT2D eigenvalue weighted by molar-refractivity contribution is -0.114. The number of aliphatic imine (C=N–C) groups is 1. The second kappa shape index (κ2) is 7.56. The molecule has 1 amide bonds. The third-order valence-electron chi connectivity index (χ3n) is 4.29. The van der Waals surface area contributed by atoms with Crippen LogP contribution in [0.2, 0.25) is 0 Å². The van der Waals surface area contributed by atoms with E-state index in [1.165, 1.54) is 17.8 Å². The van der Waals surface area contributed by atoms with Gasteiger partial charge in [-0.15, -0.1) is 0 Å². The molecule has 0 fully saturated rings. The first-order chi connectivity index (χ1) is 14.0. The number of benzene rings is 1. The van der Waals surface area contributed by atoms with Gasteiger partial charge in [-0.3, -0.25) is 15.1 Å². The predicted molar refractivity (Wildman–Crippen MR) is 111 cm³/mol. The molecule has 2 aliphatic heterocycles. The Kier molecular flexibility index (Phi) is 4.94. The number of amidine groups is 2. The Bertz CT molecular complexity index is 1110. The van der Waals surface area contributed by atoms with Crippen LogP contribution in [-0.4, -0.2) is 34.4 Å². The van der Waals surface area contributed by atoms with Crippen LogP contribution in [0.4, 0.5) is 0 Å². The first-order valence-electron chi connectivity index (χ1n) is 8.93. The van der Waals surface area contributed by atoms with Gasteiger partial charge in [-0.25, -0.2) is 4.79 Å². The van der Waals surface area contributed by atoms with Crippen molar-refractivity contribution >= 4 is 40.7 Å². The summed E-state index contributed by atoms with van der Waals surface area (Å²) in [6.45, 7) is 3.98. The average molecular weight is 407 g/mol. The molecule has 7 nitrogen and oxygen atoms in total. The third-order valence-corrected chi connectivity index (χ3v) is 5.18. The van der Waals surface area contributed by atoms with Gasteiger partial charge in [0.25, 0.3) is 5.91 Å². The maximum atomic E-state index is 12.3. The average Bonchev–Trinajstić information content (AvgIpc) is 3.32. The maximum absolute atomic E-state index is 12.3. The Balaban J connectivity index is 1.57. The second-order valence-electron chi connectivity index (χ2n) is 6.32. The standard InChI is InChI=1S/C21H17N3O4S/c1-3-27-20(26)14-6-4-13(5-7-14)17-9-8-15(28-17)10-16-18(22)24-11-12(2)29-21(24)23-19(16)25/h4-11,22H,3H2,1-2H3/b16-10+,22-18?. The molecule has 2 aromatic rings. The van der Waals surface area contributed by atoms with Gasteiger partial charge in [-0.2, -0.15) is 4.99 Å². The Morgan fingerprint density at radius 2 is 2.03 bits per heavy atom. The molecule has 0 saturated carbocycles. The monoisotopic (exact) mass is 407 g/mol. The highest BCUT2D eigenvalue weighted by Gasteiger charge is 2.33. The zero-order valence-corrected chi connectivity index (χ0v) is 16.6. The van der Waals surface area contributed by atoms with Crippen molar-refractivity contribution < 1.29 is 18.7 Å². The van der Waals surface area contributed by atoms with Crippen molar-refractivity contribution in [3.8, 4) is 11.3 Å². The zero-order valence-electron chi connectivity index (χ0n) is 15.8. The minimum atomic E-state index is -0.464. The molecule has 0 saturated heterocycles. The van der Waals surface area contributed by atoms with Crippen LogP contribution in [0.25, 0.3) is 17.4 Å². The summed E-state index contributed by atoms with van der Waals surface area (Å²) >= 11 is 1.36. The topological polar surface area (TPSA) is 96.0 Å². The molecule has 29 heavy (non-hydrogen) atoms. The van der Waals surface area contributed by atoms with Crippen LogP contribution in [0.5, 0.6) is 0 Å². The molecule has 1 N–H and O–H groups in total. The highest BCUT2D eigenvalue weighted by molar-refractivity contribution is 8.17. The number of rotatable bonds is 4. The molecule has 3 heterocycles. The number of hydrogen-bond acceptors (Lipinski definition) is 6. The lowest BCUT2D eigenvalue weighted by Gasteiger charge is -2.21. The summed E-state index contributed by atoms with van der Waals surface area (Å²) in [4.78, 5) is 30.7. The van der Waals surface area contributed by atoms with Crippen molar-refractivity contribution in [1.29, 1.82) is 5.41 Å². The van der Waals surface area contributed by atoms with Gasteiger partial charge in [0.05, 0.1) is 17.7 Å². The Morgan fingerprint density at radius 3 is 2.76 bits per heavy atom. The number of hydrogen-bond donors (Lipinski definition) is 1. The van der Waals surface area contributed by atoms with E-state index in [9.17, 15) is 9.59 Å². The minimum absolute atomic E-state index is 0.0705. The summed E-state index contributed by atoms with van der Waals surface area (Å²) in [5.41, 5.74) is 1.41. The number of amides is 1. The molecule has 1 aromatic carbocycles. The zero-order chi connectivity index (χ0) is 20.5. The largest absolute Gasteiger partial charge is 0.462 e. The molecule has 2 aliphatic rings. The first kappa shape index (κ1) is 18.9. The van der Waals surface area contributed by atoms with Gasteiger partial charge >= 0.3 is 5.97 Å². The van der Waals surface area contributed by atoms with Gasteiger partial charge in [0.1, 0.15) is 17.4 Å². The summed E-state index contributed by atoms with van der Waals surface area (Å²) in [5.74, 6) is 0.254.